The molecule has 1 aliphatic carbocycles. The highest BCUT2D eigenvalue weighted by atomic mass is 14.2. The molecular weight excluding hydrogens is 168 g/mol. The van der Waals surface area contributed by atoms with E-state index in [-0.39, 0.29) is 0 Å². The Hall–Kier alpha value is -0.520. The van der Waals surface area contributed by atoms with Crippen LogP contribution < -0.4 is 0 Å². The standard InChI is InChI=1S/C14H23/c1-4-7-12-10-11-13(8-5-2)14(12)9-6-3/h4-10H2,1-3H3. The third kappa shape index (κ3) is 2.73. The molecule has 0 bridgehead atoms. The highest BCUT2D eigenvalue weighted by molar-refractivity contribution is 5.40. The maximum absolute atomic E-state index is 3.57. The van der Waals surface area contributed by atoms with Gasteiger partial charge < -0.3 is 0 Å². The van der Waals surface area contributed by atoms with Crippen LogP contribution in [0.2, 0.25) is 0 Å². The predicted octanol–water partition coefficient (Wildman–Crippen LogP) is 4.82. The van der Waals surface area contributed by atoms with Crippen molar-refractivity contribution in [3.63, 3.8) is 0 Å². The molecular formula is C14H23. The molecule has 79 valence electrons. The zero-order valence-electron chi connectivity index (χ0n) is 9.95. The molecule has 0 fully saturated rings. The Bertz CT molecular complexity index is 230. The van der Waals surface area contributed by atoms with Crippen molar-refractivity contribution < 1.29 is 0 Å². The fourth-order valence-electron chi connectivity index (χ4n) is 2.25. The second-order valence-electron chi connectivity index (χ2n) is 4.16. The zero-order chi connectivity index (χ0) is 10.4. The van der Waals surface area contributed by atoms with Crippen molar-refractivity contribution in [2.24, 2.45) is 0 Å². The average molecular weight is 191 g/mol. The van der Waals surface area contributed by atoms with Crippen molar-refractivity contribution in [1.29, 1.82) is 0 Å². The van der Waals surface area contributed by atoms with Crippen LogP contribution in [0, 0.1) is 6.08 Å². The van der Waals surface area contributed by atoms with E-state index in [1.165, 1.54) is 44.1 Å². The van der Waals surface area contributed by atoms with Gasteiger partial charge in [0.05, 0.1) is 0 Å². The van der Waals surface area contributed by atoms with Crippen LogP contribution in [0.5, 0.6) is 0 Å². The molecule has 0 atom stereocenters. The third-order valence-electron chi connectivity index (χ3n) is 2.86. The van der Waals surface area contributed by atoms with E-state index < -0.39 is 0 Å². The monoisotopic (exact) mass is 191 g/mol. The van der Waals surface area contributed by atoms with Gasteiger partial charge in [-0.2, -0.15) is 0 Å². The summed E-state index contributed by atoms with van der Waals surface area (Å²) in [5.41, 5.74) is 4.88. The zero-order valence-corrected chi connectivity index (χ0v) is 9.95. The molecule has 0 heterocycles. The van der Waals surface area contributed by atoms with Gasteiger partial charge in [-0.1, -0.05) is 45.6 Å². The van der Waals surface area contributed by atoms with Crippen molar-refractivity contribution in [3.8, 4) is 0 Å². The molecule has 1 aliphatic rings. The maximum Gasteiger partial charge on any atom is -0.00554 e. The highest BCUT2D eigenvalue weighted by Crippen LogP contribution is 2.34. The molecule has 0 nitrogen and oxygen atoms in total. The first-order chi connectivity index (χ1) is 6.83. The van der Waals surface area contributed by atoms with Crippen molar-refractivity contribution in [3.05, 3.63) is 22.8 Å². The summed E-state index contributed by atoms with van der Waals surface area (Å²) in [6, 6.07) is 0. The molecule has 0 heteroatoms. The lowest BCUT2D eigenvalue weighted by molar-refractivity contribution is 0.824. The van der Waals surface area contributed by atoms with E-state index in [0.29, 0.717) is 0 Å². The van der Waals surface area contributed by atoms with Crippen LogP contribution in [-0.2, 0) is 0 Å². The van der Waals surface area contributed by atoms with Gasteiger partial charge in [0.25, 0.3) is 0 Å². The highest BCUT2D eigenvalue weighted by Gasteiger charge is 2.15. The Morgan fingerprint density at radius 2 is 1.57 bits per heavy atom. The van der Waals surface area contributed by atoms with E-state index in [2.05, 4.69) is 26.8 Å². The van der Waals surface area contributed by atoms with Gasteiger partial charge in [-0.25, -0.2) is 0 Å². The first kappa shape index (κ1) is 11.6. The van der Waals surface area contributed by atoms with Gasteiger partial charge in [-0.15, -0.1) is 0 Å². The lowest BCUT2D eigenvalue weighted by Gasteiger charge is -2.09. The predicted molar refractivity (Wildman–Crippen MR) is 63.1 cm³/mol. The molecule has 0 aromatic rings. The molecule has 0 N–H and O–H groups in total. The molecule has 1 rings (SSSR count). The molecule has 0 saturated carbocycles. The minimum atomic E-state index is 1.12. The summed E-state index contributed by atoms with van der Waals surface area (Å²) < 4.78 is 0. The van der Waals surface area contributed by atoms with Gasteiger partial charge in [-0.05, 0) is 42.9 Å². The fourth-order valence-corrected chi connectivity index (χ4v) is 2.25. The Morgan fingerprint density at radius 3 is 2.14 bits per heavy atom. The molecule has 1 radical (unpaired) electrons. The lowest BCUT2D eigenvalue weighted by atomic mass is 9.96. The Balaban J connectivity index is 2.69. The topological polar surface area (TPSA) is 0 Å². The van der Waals surface area contributed by atoms with Crippen molar-refractivity contribution in [1.82, 2.24) is 0 Å². The van der Waals surface area contributed by atoms with E-state index in [0.717, 1.165) is 6.42 Å². The fraction of sp³-hybridized carbons (Fsp3) is 0.714. The molecule has 0 spiro atoms. The van der Waals surface area contributed by atoms with E-state index in [9.17, 15) is 0 Å². The molecule has 0 saturated heterocycles. The van der Waals surface area contributed by atoms with Crippen LogP contribution in [0.4, 0.5) is 0 Å². The average Bonchev–Trinajstić information content (AvgIpc) is 2.52. The summed E-state index contributed by atoms with van der Waals surface area (Å²) in [6.45, 7) is 6.81. The second-order valence-corrected chi connectivity index (χ2v) is 4.16. The smallest absolute Gasteiger partial charge is 0.00554 e. The van der Waals surface area contributed by atoms with Crippen LogP contribution in [-0.4, -0.2) is 0 Å². The minimum Gasteiger partial charge on any atom is -0.0651 e. The summed E-state index contributed by atoms with van der Waals surface area (Å²) >= 11 is 0. The first-order valence-corrected chi connectivity index (χ1v) is 6.14. The molecule has 0 aliphatic heterocycles. The normalized spacial score (nSPS) is 16.4. The van der Waals surface area contributed by atoms with Gasteiger partial charge in [-0.3, -0.25) is 0 Å². The molecule has 0 unspecified atom stereocenters. The van der Waals surface area contributed by atoms with Crippen LogP contribution >= 0.6 is 0 Å². The number of allylic oxidation sites excluding steroid dienone is 4. The Kier molecular flexibility index (Phi) is 5.00. The first-order valence-electron chi connectivity index (χ1n) is 6.14. The van der Waals surface area contributed by atoms with Crippen LogP contribution in [0.1, 0.15) is 65.7 Å². The number of hydrogen-bond donors (Lipinski definition) is 0. The van der Waals surface area contributed by atoms with Crippen LogP contribution in [0.25, 0.3) is 0 Å². The Morgan fingerprint density at radius 1 is 0.929 bits per heavy atom. The van der Waals surface area contributed by atoms with E-state index in [1.807, 2.05) is 0 Å². The summed E-state index contributed by atoms with van der Waals surface area (Å²) in [6.07, 6.45) is 12.3. The summed E-state index contributed by atoms with van der Waals surface area (Å²) in [4.78, 5) is 0. The van der Waals surface area contributed by atoms with Crippen LogP contribution in [0.15, 0.2) is 16.7 Å². The SMILES string of the molecule is CCCC1=[C]CC(CCC)=C1CCC. The summed E-state index contributed by atoms with van der Waals surface area (Å²) in [5, 5.41) is 0. The van der Waals surface area contributed by atoms with Gasteiger partial charge in [0.15, 0.2) is 0 Å². The van der Waals surface area contributed by atoms with E-state index >= 15 is 0 Å². The number of hydrogen-bond acceptors (Lipinski definition) is 0. The third-order valence-corrected chi connectivity index (χ3v) is 2.86. The van der Waals surface area contributed by atoms with Gasteiger partial charge in [0, 0.05) is 0 Å². The summed E-state index contributed by atoms with van der Waals surface area (Å²) in [5.74, 6) is 0. The maximum atomic E-state index is 3.57. The van der Waals surface area contributed by atoms with E-state index in [4.69, 9.17) is 0 Å². The minimum absolute atomic E-state index is 1.12. The van der Waals surface area contributed by atoms with Crippen molar-refractivity contribution in [2.75, 3.05) is 0 Å². The largest absolute Gasteiger partial charge is 0.0651 e. The summed E-state index contributed by atoms with van der Waals surface area (Å²) in [7, 11) is 0. The molecule has 0 aromatic heterocycles. The Labute approximate surface area is 89.1 Å². The van der Waals surface area contributed by atoms with Crippen molar-refractivity contribution in [2.45, 2.75) is 65.7 Å². The molecule has 14 heavy (non-hydrogen) atoms. The van der Waals surface area contributed by atoms with Gasteiger partial charge >= 0.3 is 0 Å². The quantitative estimate of drug-likeness (QED) is 0.565. The lowest BCUT2D eigenvalue weighted by Crippen LogP contribution is -1.90. The number of rotatable bonds is 6. The van der Waals surface area contributed by atoms with E-state index in [1.54, 1.807) is 11.1 Å². The molecule has 0 amide bonds. The van der Waals surface area contributed by atoms with Crippen molar-refractivity contribution >= 4 is 0 Å². The molecule has 0 aromatic carbocycles. The van der Waals surface area contributed by atoms with Gasteiger partial charge in [0.2, 0.25) is 0 Å². The van der Waals surface area contributed by atoms with Gasteiger partial charge in [0.1, 0.15) is 0 Å². The van der Waals surface area contributed by atoms with Crippen LogP contribution in [0.3, 0.4) is 0 Å². The second kappa shape index (κ2) is 6.06.